The second kappa shape index (κ2) is 15.1. The number of amides is 1. The molecule has 8 heteroatoms. The number of aromatic carboxylic acids is 1. The standard InChI is InChI=1S/C20H27N5O3.C6H6/c1-3-5-6-18(26)25(23-12-4-2)20-21-13-11-17(24-20)22-14-15-7-9-16(10-8-15)19(27)28;1-2-4-6-5-3-1/h7-11,13,23H,3-6,12,14H2,1-2H3,(H,27,28)(H,21,22,24);1-6H. The Balaban J connectivity index is 0.000000589. The summed E-state index contributed by atoms with van der Waals surface area (Å²) in [5.74, 6) is -0.122. The summed E-state index contributed by atoms with van der Waals surface area (Å²) in [6.07, 6.45) is 4.67. The van der Waals surface area contributed by atoms with Crippen LogP contribution in [-0.2, 0) is 11.3 Å². The topological polar surface area (TPSA) is 107 Å². The number of carboxylic acid groups (broad SMARTS) is 1. The van der Waals surface area contributed by atoms with E-state index in [1.807, 2.05) is 50.2 Å². The van der Waals surface area contributed by atoms with Gasteiger partial charge in [0.15, 0.2) is 0 Å². The van der Waals surface area contributed by atoms with Crippen molar-refractivity contribution in [1.29, 1.82) is 0 Å². The molecule has 0 aliphatic heterocycles. The van der Waals surface area contributed by atoms with Crippen molar-refractivity contribution in [2.75, 3.05) is 16.9 Å². The van der Waals surface area contributed by atoms with Crippen LogP contribution in [0.1, 0.15) is 55.5 Å². The van der Waals surface area contributed by atoms with Gasteiger partial charge in [0.2, 0.25) is 11.9 Å². The summed E-state index contributed by atoms with van der Waals surface area (Å²) in [5.41, 5.74) is 4.26. The molecule has 1 amide bonds. The lowest BCUT2D eigenvalue weighted by Crippen LogP contribution is -2.44. The normalized spacial score (nSPS) is 10.1. The summed E-state index contributed by atoms with van der Waals surface area (Å²) in [6, 6.07) is 20.4. The van der Waals surface area contributed by atoms with Crippen molar-refractivity contribution in [2.24, 2.45) is 0 Å². The first-order valence-electron chi connectivity index (χ1n) is 11.5. The predicted octanol–water partition coefficient (Wildman–Crippen LogP) is 4.91. The van der Waals surface area contributed by atoms with Crippen molar-refractivity contribution < 1.29 is 14.7 Å². The van der Waals surface area contributed by atoms with Crippen LogP contribution in [-0.4, -0.2) is 33.5 Å². The van der Waals surface area contributed by atoms with Gasteiger partial charge in [0.05, 0.1) is 5.56 Å². The van der Waals surface area contributed by atoms with Crippen LogP contribution in [0.25, 0.3) is 0 Å². The zero-order valence-corrected chi connectivity index (χ0v) is 19.8. The van der Waals surface area contributed by atoms with Crippen LogP contribution in [0.5, 0.6) is 0 Å². The van der Waals surface area contributed by atoms with Crippen LogP contribution in [0.15, 0.2) is 72.9 Å². The monoisotopic (exact) mass is 463 g/mol. The first kappa shape index (κ1) is 26.5. The molecular formula is C26H33N5O3. The molecule has 0 aliphatic carbocycles. The SMILES string of the molecule is CCCCC(=O)N(NCCC)c1nccc(NCc2ccc(C(=O)O)cc2)n1.c1ccccc1. The van der Waals surface area contributed by atoms with E-state index in [4.69, 9.17) is 5.11 Å². The number of unbranched alkanes of at least 4 members (excludes halogenated alkanes) is 1. The lowest BCUT2D eigenvalue weighted by molar-refractivity contribution is -0.119. The fourth-order valence-electron chi connectivity index (χ4n) is 2.83. The molecule has 0 atom stereocenters. The average Bonchev–Trinajstić information content (AvgIpc) is 2.88. The minimum atomic E-state index is -0.952. The summed E-state index contributed by atoms with van der Waals surface area (Å²) in [6.45, 7) is 5.19. The Kier molecular flexibility index (Phi) is 11.8. The molecular weight excluding hydrogens is 430 g/mol. The van der Waals surface area contributed by atoms with Gasteiger partial charge in [-0.3, -0.25) is 4.79 Å². The molecule has 1 aromatic heterocycles. The third kappa shape index (κ3) is 9.38. The van der Waals surface area contributed by atoms with Crippen LogP contribution in [0.2, 0.25) is 0 Å². The molecule has 34 heavy (non-hydrogen) atoms. The smallest absolute Gasteiger partial charge is 0.335 e. The highest BCUT2D eigenvalue weighted by Gasteiger charge is 2.18. The molecule has 0 radical (unpaired) electrons. The van der Waals surface area contributed by atoms with Gasteiger partial charge in [-0.15, -0.1) is 0 Å². The average molecular weight is 464 g/mol. The molecule has 1 heterocycles. The molecule has 3 aromatic rings. The van der Waals surface area contributed by atoms with Crippen molar-refractivity contribution in [1.82, 2.24) is 15.4 Å². The zero-order chi connectivity index (χ0) is 24.6. The van der Waals surface area contributed by atoms with Crippen LogP contribution in [0.4, 0.5) is 11.8 Å². The van der Waals surface area contributed by atoms with E-state index in [0.717, 1.165) is 24.8 Å². The molecule has 0 fully saturated rings. The van der Waals surface area contributed by atoms with Crippen LogP contribution in [0.3, 0.4) is 0 Å². The maximum absolute atomic E-state index is 12.5. The maximum Gasteiger partial charge on any atom is 0.335 e. The molecule has 3 rings (SSSR count). The minimum absolute atomic E-state index is 0.0586. The van der Waals surface area contributed by atoms with Gasteiger partial charge in [-0.2, -0.15) is 4.98 Å². The van der Waals surface area contributed by atoms with Gasteiger partial charge in [-0.05, 0) is 36.6 Å². The molecule has 8 nitrogen and oxygen atoms in total. The number of nitrogens with zero attached hydrogens (tertiary/aromatic N) is 3. The number of carboxylic acids is 1. The summed E-state index contributed by atoms with van der Waals surface area (Å²) in [5, 5.41) is 13.6. The number of rotatable bonds is 11. The van der Waals surface area contributed by atoms with Crippen LogP contribution >= 0.6 is 0 Å². The Hall–Kier alpha value is -3.78. The second-order valence-corrected chi connectivity index (χ2v) is 7.49. The van der Waals surface area contributed by atoms with Crippen molar-refractivity contribution in [3.8, 4) is 0 Å². The Labute approximate surface area is 201 Å². The molecule has 3 N–H and O–H groups in total. The molecule has 0 bridgehead atoms. The van der Waals surface area contributed by atoms with Gasteiger partial charge in [0.1, 0.15) is 5.82 Å². The number of hydrazine groups is 1. The van der Waals surface area contributed by atoms with E-state index < -0.39 is 5.97 Å². The van der Waals surface area contributed by atoms with Gasteiger partial charge >= 0.3 is 5.97 Å². The number of carbonyl (C=O) groups excluding carboxylic acids is 1. The largest absolute Gasteiger partial charge is 0.478 e. The predicted molar refractivity (Wildman–Crippen MR) is 135 cm³/mol. The molecule has 2 aromatic carbocycles. The van der Waals surface area contributed by atoms with E-state index >= 15 is 0 Å². The number of hydrogen-bond donors (Lipinski definition) is 3. The van der Waals surface area contributed by atoms with Gasteiger partial charge in [0, 0.05) is 25.7 Å². The molecule has 0 saturated carbocycles. The third-order valence-electron chi connectivity index (χ3n) is 4.70. The minimum Gasteiger partial charge on any atom is -0.478 e. The first-order chi connectivity index (χ1) is 16.5. The number of nitrogens with one attached hydrogen (secondary N) is 2. The summed E-state index contributed by atoms with van der Waals surface area (Å²) in [7, 11) is 0. The summed E-state index contributed by atoms with van der Waals surface area (Å²) < 4.78 is 0. The molecule has 180 valence electrons. The summed E-state index contributed by atoms with van der Waals surface area (Å²) >= 11 is 0. The number of anilines is 2. The van der Waals surface area contributed by atoms with Crippen LogP contribution < -0.4 is 15.8 Å². The maximum atomic E-state index is 12.5. The van der Waals surface area contributed by atoms with E-state index in [1.165, 1.54) is 5.01 Å². The molecule has 0 aliphatic rings. The highest BCUT2D eigenvalue weighted by atomic mass is 16.4. The third-order valence-corrected chi connectivity index (χ3v) is 4.70. The Morgan fingerprint density at radius 2 is 1.59 bits per heavy atom. The van der Waals surface area contributed by atoms with Crippen molar-refractivity contribution in [3.05, 3.63) is 84.1 Å². The zero-order valence-electron chi connectivity index (χ0n) is 19.8. The van der Waals surface area contributed by atoms with E-state index in [9.17, 15) is 9.59 Å². The Bertz CT molecular complexity index is 970. The molecule has 0 unspecified atom stereocenters. The second-order valence-electron chi connectivity index (χ2n) is 7.49. The fraction of sp³-hybridized carbons (Fsp3) is 0.308. The quantitative estimate of drug-likeness (QED) is 0.347. The lowest BCUT2D eigenvalue weighted by atomic mass is 10.1. The fourth-order valence-corrected chi connectivity index (χ4v) is 2.83. The highest BCUT2D eigenvalue weighted by Crippen LogP contribution is 2.13. The van der Waals surface area contributed by atoms with Crippen LogP contribution in [0, 0.1) is 0 Å². The van der Waals surface area contributed by atoms with Crippen molar-refractivity contribution in [3.63, 3.8) is 0 Å². The number of hydrogen-bond acceptors (Lipinski definition) is 6. The molecule has 0 saturated heterocycles. The first-order valence-corrected chi connectivity index (χ1v) is 11.5. The van der Waals surface area contributed by atoms with Crippen molar-refractivity contribution in [2.45, 2.75) is 46.1 Å². The number of carbonyl (C=O) groups is 2. The van der Waals surface area contributed by atoms with E-state index in [-0.39, 0.29) is 11.5 Å². The van der Waals surface area contributed by atoms with E-state index in [0.29, 0.717) is 31.3 Å². The number of aromatic nitrogens is 2. The summed E-state index contributed by atoms with van der Waals surface area (Å²) in [4.78, 5) is 32.1. The van der Waals surface area contributed by atoms with Gasteiger partial charge in [-0.25, -0.2) is 20.2 Å². The van der Waals surface area contributed by atoms with Gasteiger partial charge in [0.25, 0.3) is 0 Å². The number of benzene rings is 2. The molecule has 0 spiro atoms. The van der Waals surface area contributed by atoms with Gasteiger partial charge in [-0.1, -0.05) is 68.8 Å². The van der Waals surface area contributed by atoms with Gasteiger partial charge < -0.3 is 10.4 Å². The Morgan fingerprint density at radius 1 is 0.941 bits per heavy atom. The van der Waals surface area contributed by atoms with E-state index in [1.54, 1.807) is 36.5 Å². The highest BCUT2D eigenvalue weighted by molar-refractivity contribution is 5.90. The van der Waals surface area contributed by atoms with E-state index in [2.05, 4.69) is 20.7 Å². The van der Waals surface area contributed by atoms with Crippen molar-refractivity contribution >= 4 is 23.6 Å². The lowest BCUT2D eigenvalue weighted by Gasteiger charge is -2.21. The Morgan fingerprint density at radius 3 is 2.15 bits per heavy atom.